The van der Waals surface area contributed by atoms with Crippen LogP contribution in [0.4, 0.5) is 0 Å². The first kappa shape index (κ1) is 21.2. The van der Waals surface area contributed by atoms with Crippen molar-refractivity contribution >= 4 is 41.8 Å². The molecule has 0 heterocycles. The third-order valence-corrected chi connectivity index (χ3v) is 2.57. The van der Waals surface area contributed by atoms with Gasteiger partial charge in [0.2, 0.25) is 5.91 Å². The lowest BCUT2D eigenvalue weighted by molar-refractivity contribution is -0.117. The van der Waals surface area contributed by atoms with E-state index in [9.17, 15) is 9.59 Å². The Balaban J connectivity index is 0.00000484. The fourth-order valence-corrected chi connectivity index (χ4v) is 1.63. The number of amides is 2. The van der Waals surface area contributed by atoms with E-state index >= 15 is 0 Å². The predicted octanol–water partition coefficient (Wildman–Crippen LogP) is 0.723. The summed E-state index contributed by atoms with van der Waals surface area (Å²) in [7, 11) is 0. The van der Waals surface area contributed by atoms with Gasteiger partial charge in [0.1, 0.15) is 0 Å². The maximum Gasteiger partial charge on any atom is 0.251 e. The van der Waals surface area contributed by atoms with E-state index in [-0.39, 0.29) is 42.0 Å². The number of aliphatic imine (C=N–C) groups is 1. The van der Waals surface area contributed by atoms with Gasteiger partial charge in [-0.1, -0.05) is 12.1 Å². The van der Waals surface area contributed by atoms with Crippen LogP contribution in [0.3, 0.4) is 0 Å². The van der Waals surface area contributed by atoms with Gasteiger partial charge in [0.05, 0.1) is 13.1 Å². The Hall–Kier alpha value is -1.84. The van der Waals surface area contributed by atoms with E-state index in [4.69, 9.17) is 11.5 Å². The average molecular weight is 433 g/mol. The molecular weight excluding hydrogens is 409 g/mol. The highest BCUT2D eigenvalue weighted by Gasteiger charge is 2.09. The summed E-state index contributed by atoms with van der Waals surface area (Å²) >= 11 is 0. The molecule has 0 atom stereocenters. The predicted molar refractivity (Wildman–Crippen MR) is 102 cm³/mol. The SMILES string of the molecule is CC(C)(C)NC(N)=NCc1ccc(C(=O)NCC(N)=O)cc1.I. The lowest BCUT2D eigenvalue weighted by Crippen LogP contribution is -2.44. The van der Waals surface area contributed by atoms with Gasteiger partial charge in [-0.05, 0) is 38.5 Å². The second-order valence-corrected chi connectivity index (χ2v) is 5.92. The van der Waals surface area contributed by atoms with Gasteiger partial charge in [-0.15, -0.1) is 24.0 Å². The highest BCUT2D eigenvalue weighted by atomic mass is 127. The zero-order valence-electron chi connectivity index (χ0n) is 13.6. The van der Waals surface area contributed by atoms with Crippen molar-refractivity contribution in [2.75, 3.05) is 6.54 Å². The Morgan fingerprint density at radius 1 is 1.13 bits per heavy atom. The number of guanidine groups is 1. The standard InChI is InChI=1S/C15H23N5O2.HI/c1-15(2,3)20-14(17)19-8-10-4-6-11(7-5-10)13(22)18-9-12(16)21;/h4-7H,8-9H2,1-3H3,(H2,16,21)(H,18,22)(H3,17,19,20);1H. The van der Waals surface area contributed by atoms with Gasteiger partial charge in [0, 0.05) is 11.1 Å². The van der Waals surface area contributed by atoms with E-state index in [2.05, 4.69) is 15.6 Å². The summed E-state index contributed by atoms with van der Waals surface area (Å²) in [5.41, 5.74) is 12.0. The van der Waals surface area contributed by atoms with Gasteiger partial charge in [0.15, 0.2) is 5.96 Å². The number of nitrogens with two attached hydrogens (primary N) is 2. The fourth-order valence-electron chi connectivity index (χ4n) is 1.63. The van der Waals surface area contributed by atoms with E-state index in [0.717, 1.165) is 5.56 Å². The van der Waals surface area contributed by atoms with Crippen LogP contribution in [0.15, 0.2) is 29.3 Å². The number of nitrogens with zero attached hydrogens (tertiary/aromatic N) is 1. The number of carbonyl (C=O) groups is 2. The summed E-state index contributed by atoms with van der Waals surface area (Å²) in [6.45, 7) is 6.22. The summed E-state index contributed by atoms with van der Waals surface area (Å²) in [6.07, 6.45) is 0. The van der Waals surface area contributed by atoms with Crippen molar-refractivity contribution < 1.29 is 9.59 Å². The Morgan fingerprint density at radius 3 is 2.17 bits per heavy atom. The molecule has 7 nitrogen and oxygen atoms in total. The molecule has 0 aromatic heterocycles. The number of benzene rings is 1. The van der Waals surface area contributed by atoms with E-state index in [0.29, 0.717) is 18.1 Å². The molecule has 1 aromatic carbocycles. The van der Waals surface area contributed by atoms with Crippen molar-refractivity contribution in [2.45, 2.75) is 32.9 Å². The first-order valence-electron chi connectivity index (χ1n) is 6.91. The lowest BCUT2D eigenvalue weighted by atomic mass is 10.1. The van der Waals surface area contributed by atoms with Crippen molar-refractivity contribution in [3.63, 3.8) is 0 Å². The van der Waals surface area contributed by atoms with Crippen molar-refractivity contribution in [2.24, 2.45) is 16.5 Å². The van der Waals surface area contributed by atoms with E-state index in [1.807, 2.05) is 20.8 Å². The largest absolute Gasteiger partial charge is 0.370 e. The van der Waals surface area contributed by atoms with Crippen LogP contribution in [0, 0.1) is 0 Å². The molecule has 0 saturated carbocycles. The molecule has 1 aromatic rings. The molecule has 0 saturated heterocycles. The van der Waals surface area contributed by atoms with Crippen LogP contribution in [0.2, 0.25) is 0 Å². The van der Waals surface area contributed by atoms with Crippen molar-refractivity contribution in [1.82, 2.24) is 10.6 Å². The molecule has 0 bridgehead atoms. The maximum atomic E-state index is 11.7. The van der Waals surface area contributed by atoms with Crippen molar-refractivity contribution in [3.8, 4) is 0 Å². The monoisotopic (exact) mass is 433 g/mol. The summed E-state index contributed by atoms with van der Waals surface area (Å²) < 4.78 is 0. The molecule has 0 fully saturated rings. The minimum atomic E-state index is -0.582. The highest BCUT2D eigenvalue weighted by Crippen LogP contribution is 2.06. The average Bonchev–Trinajstić information content (AvgIpc) is 2.41. The Morgan fingerprint density at radius 2 is 1.70 bits per heavy atom. The number of hydrogen-bond acceptors (Lipinski definition) is 3. The summed E-state index contributed by atoms with van der Waals surface area (Å²) in [4.78, 5) is 26.6. The first-order chi connectivity index (χ1) is 10.2. The Labute approximate surface area is 153 Å². The highest BCUT2D eigenvalue weighted by molar-refractivity contribution is 14.0. The van der Waals surface area contributed by atoms with Gasteiger partial charge in [-0.25, -0.2) is 4.99 Å². The van der Waals surface area contributed by atoms with Gasteiger partial charge in [0.25, 0.3) is 5.91 Å². The molecule has 0 aliphatic carbocycles. The van der Waals surface area contributed by atoms with Crippen molar-refractivity contribution in [3.05, 3.63) is 35.4 Å². The third kappa shape index (κ3) is 9.01. The normalized spacial score (nSPS) is 11.3. The second kappa shape index (κ2) is 9.33. The number of nitrogens with one attached hydrogen (secondary N) is 2. The summed E-state index contributed by atoms with van der Waals surface area (Å²) in [6, 6.07) is 6.89. The third-order valence-electron chi connectivity index (χ3n) is 2.57. The topological polar surface area (TPSA) is 123 Å². The molecule has 0 unspecified atom stereocenters. The molecule has 0 spiro atoms. The maximum absolute atomic E-state index is 11.7. The fraction of sp³-hybridized carbons (Fsp3) is 0.400. The Kier molecular flexibility index (Phi) is 8.59. The number of hydrogen-bond donors (Lipinski definition) is 4. The molecule has 23 heavy (non-hydrogen) atoms. The minimum absolute atomic E-state index is 0. The zero-order valence-corrected chi connectivity index (χ0v) is 15.9. The quantitative estimate of drug-likeness (QED) is 0.311. The zero-order chi connectivity index (χ0) is 16.8. The van der Waals surface area contributed by atoms with Crippen LogP contribution in [0.25, 0.3) is 0 Å². The number of carbonyl (C=O) groups excluding carboxylic acids is 2. The number of primary amides is 1. The molecule has 1 rings (SSSR count). The molecule has 0 aliphatic heterocycles. The summed E-state index contributed by atoms with van der Waals surface area (Å²) in [5, 5.41) is 5.49. The van der Waals surface area contributed by atoms with Crippen molar-refractivity contribution in [1.29, 1.82) is 0 Å². The lowest BCUT2D eigenvalue weighted by Gasteiger charge is -2.20. The van der Waals surface area contributed by atoms with Crippen LogP contribution >= 0.6 is 24.0 Å². The number of rotatable bonds is 5. The van der Waals surface area contributed by atoms with Gasteiger partial charge < -0.3 is 22.1 Å². The van der Waals surface area contributed by atoms with Gasteiger partial charge in [-0.3, -0.25) is 9.59 Å². The molecule has 0 radical (unpaired) electrons. The van der Waals surface area contributed by atoms with Gasteiger partial charge in [-0.2, -0.15) is 0 Å². The molecule has 8 heteroatoms. The molecule has 0 aliphatic rings. The van der Waals surface area contributed by atoms with Crippen LogP contribution in [-0.2, 0) is 11.3 Å². The minimum Gasteiger partial charge on any atom is -0.370 e. The van der Waals surface area contributed by atoms with Crippen LogP contribution in [-0.4, -0.2) is 29.9 Å². The Bertz CT molecular complexity index is 564. The molecular formula is C15H24IN5O2. The van der Waals surface area contributed by atoms with E-state index in [1.54, 1.807) is 24.3 Å². The first-order valence-corrected chi connectivity index (χ1v) is 6.91. The molecule has 2 amide bonds. The molecule has 6 N–H and O–H groups in total. The van der Waals surface area contributed by atoms with Crippen LogP contribution in [0.1, 0.15) is 36.7 Å². The van der Waals surface area contributed by atoms with Gasteiger partial charge >= 0.3 is 0 Å². The van der Waals surface area contributed by atoms with E-state index < -0.39 is 5.91 Å². The number of halogens is 1. The summed E-state index contributed by atoms with van der Waals surface area (Å²) in [5.74, 6) is -0.556. The van der Waals surface area contributed by atoms with Crippen LogP contribution in [0.5, 0.6) is 0 Å². The second-order valence-electron chi connectivity index (χ2n) is 5.92. The van der Waals surface area contributed by atoms with E-state index in [1.165, 1.54) is 0 Å². The molecule has 128 valence electrons. The van der Waals surface area contributed by atoms with Crippen LogP contribution < -0.4 is 22.1 Å². The smallest absolute Gasteiger partial charge is 0.251 e.